The first-order valence-corrected chi connectivity index (χ1v) is 13.9. The zero-order valence-corrected chi connectivity index (χ0v) is 23.4. The highest BCUT2D eigenvalue weighted by Crippen LogP contribution is 2.37. The number of aliphatic hydroxyl groups excluding tert-OH is 1. The topological polar surface area (TPSA) is 138 Å². The Bertz CT molecular complexity index is 1380. The van der Waals surface area contributed by atoms with E-state index in [9.17, 15) is 14.7 Å². The summed E-state index contributed by atoms with van der Waals surface area (Å²) in [5, 5.41) is 19.5. The van der Waals surface area contributed by atoms with Crippen molar-refractivity contribution in [2.75, 3.05) is 56.6 Å². The number of nitrogens with one attached hydrogen (secondary N) is 3. The number of fused-ring (bicyclic) bond motifs is 1. The first-order chi connectivity index (χ1) is 19.8. The SMILES string of the molecule is CC1(C)OC(=O)c2ccc(Nc3ncc(C(=O)NCCCN4CCOCC4)c(NC(CO)c4ccccc4)n3)cc21. The van der Waals surface area contributed by atoms with Gasteiger partial charge in [0.2, 0.25) is 5.95 Å². The van der Waals surface area contributed by atoms with Crippen molar-refractivity contribution in [3.63, 3.8) is 0 Å². The van der Waals surface area contributed by atoms with Gasteiger partial charge in [-0.15, -0.1) is 0 Å². The maximum atomic E-state index is 13.2. The van der Waals surface area contributed by atoms with Gasteiger partial charge in [-0.1, -0.05) is 30.3 Å². The third-order valence-corrected chi connectivity index (χ3v) is 7.26. The molecule has 0 spiro atoms. The third kappa shape index (κ3) is 6.82. The van der Waals surface area contributed by atoms with Gasteiger partial charge in [-0.3, -0.25) is 9.69 Å². The Labute approximate surface area is 239 Å². The molecule has 0 bridgehead atoms. The summed E-state index contributed by atoms with van der Waals surface area (Å²) in [6.45, 7) is 8.13. The number of nitrogens with zero attached hydrogens (tertiary/aromatic N) is 3. The van der Waals surface area contributed by atoms with Gasteiger partial charge in [0.15, 0.2) is 0 Å². The van der Waals surface area contributed by atoms with E-state index in [1.165, 1.54) is 6.20 Å². The number of aliphatic hydroxyl groups is 1. The molecule has 1 atom stereocenters. The molecule has 3 heterocycles. The number of aromatic nitrogens is 2. The van der Waals surface area contributed by atoms with Gasteiger partial charge in [0.1, 0.15) is 17.0 Å². The summed E-state index contributed by atoms with van der Waals surface area (Å²) < 4.78 is 10.9. The number of esters is 1. The molecule has 1 fully saturated rings. The van der Waals surface area contributed by atoms with E-state index in [0.717, 1.165) is 50.4 Å². The summed E-state index contributed by atoms with van der Waals surface area (Å²) in [7, 11) is 0. The van der Waals surface area contributed by atoms with Gasteiger partial charge in [-0.2, -0.15) is 4.98 Å². The lowest BCUT2D eigenvalue weighted by atomic mass is 9.95. The van der Waals surface area contributed by atoms with E-state index < -0.39 is 11.6 Å². The standard InChI is InChI=1S/C30H36N6O5/c1-30(2)24-17-21(9-10-22(24)28(39)41-30)33-29-32-18-23(27(38)31-11-6-12-36-13-15-40-16-14-36)26(35-29)34-25(19-37)20-7-4-3-5-8-20/h3-5,7-10,17-18,25,37H,6,11-16,19H2,1-2H3,(H,31,38)(H2,32,33,34,35). The fraction of sp³-hybridized carbons (Fsp3) is 0.400. The zero-order chi connectivity index (χ0) is 28.8. The molecule has 4 N–H and O–H groups in total. The van der Waals surface area contributed by atoms with E-state index >= 15 is 0 Å². The number of hydrogen-bond acceptors (Lipinski definition) is 10. The van der Waals surface area contributed by atoms with Crippen molar-refractivity contribution >= 4 is 29.3 Å². The van der Waals surface area contributed by atoms with E-state index in [-0.39, 0.29) is 35.8 Å². The molecule has 2 aliphatic rings. The summed E-state index contributed by atoms with van der Waals surface area (Å²) in [5.41, 5.74) is 2.34. The van der Waals surface area contributed by atoms with Gasteiger partial charge >= 0.3 is 5.97 Å². The van der Waals surface area contributed by atoms with Crippen LogP contribution in [0.3, 0.4) is 0 Å². The van der Waals surface area contributed by atoms with Crippen LogP contribution < -0.4 is 16.0 Å². The second-order valence-electron chi connectivity index (χ2n) is 10.6. The number of carbonyl (C=O) groups excluding carboxylic acids is 2. The van der Waals surface area contributed by atoms with Crippen LogP contribution in [0.1, 0.15) is 58.2 Å². The maximum absolute atomic E-state index is 13.2. The number of cyclic esters (lactones) is 1. The van der Waals surface area contributed by atoms with E-state index in [1.54, 1.807) is 12.1 Å². The van der Waals surface area contributed by atoms with Gasteiger partial charge in [0.25, 0.3) is 5.91 Å². The molecule has 1 saturated heterocycles. The highest BCUT2D eigenvalue weighted by molar-refractivity contribution is 5.99. The van der Waals surface area contributed by atoms with Gasteiger partial charge in [-0.25, -0.2) is 9.78 Å². The van der Waals surface area contributed by atoms with Crippen LogP contribution in [-0.4, -0.2) is 77.9 Å². The summed E-state index contributed by atoms with van der Waals surface area (Å²) in [6.07, 6.45) is 2.28. The molecule has 3 aromatic rings. The predicted molar refractivity (Wildman–Crippen MR) is 154 cm³/mol. The fourth-order valence-corrected chi connectivity index (χ4v) is 5.00. The average molecular weight is 561 g/mol. The predicted octanol–water partition coefficient (Wildman–Crippen LogP) is 3.22. The highest BCUT2D eigenvalue weighted by Gasteiger charge is 2.37. The molecule has 2 aliphatic heterocycles. The minimum atomic E-state index is -0.745. The Morgan fingerprint density at radius 1 is 1.15 bits per heavy atom. The highest BCUT2D eigenvalue weighted by atomic mass is 16.6. The number of ether oxygens (including phenoxy) is 2. The Kier molecular flexibility index (Phi) is 8.77. The monoisotopic (exact) mass is 560 g/mol. The molecular formula is C30H36N6O5. The molecule has 5 rings (SSSR count). The smallest absolute Gasteiger partial charge is 0.339 e. The van der Waals surface area contributed by atoms with E-state index in [2.05, 4.69) is 30.8 Å². The van der Waals surface area contributed by atoms with Gasteiger partial charge in [0.05, 0.1) is 31.4 Å². The number of benzene rings is 2. The first-order valence-electron chi connectivity index (χ1n) is 13.9. The van der Waals surface area contributed by atoms with E-state index in [1.807, 2.05) is 50.2 Å². The lowest BCUT2D eigenvalue weighted by Gasteiger charge is -2.26. The van der Waals surface area contributed by atoms with Crippen LogP contribution in [0.2, 0.25) is 0 Å². The molecule has 216 valence electrons. The van der Waals surface area contributed by atoms with Crippen molar-refractivity contribution in [3.05, 3.63) is 77.0 Å². The first kappa shape index (κ1) is 28.5. The molecule has 41 heavy (non-hydrogen) atoms. The number of hydrogen-bond donors (Lipinski definition) is 4. The Balaban J connectivity index is 1.34. The largest absolute Gasteiger partial charge is 0.451 e. The summed E-state index contributed by atoms with van der Waals surface area (Å²) >= 11 is 0. The average Bonchev–Trinajstić information content (AvgIpc) is 3.22. The Hall–Kier alpha value is -4.06. The van der Waals surface area contributed by atoms with Crippen LogP contribution >= 0.6 is 0 Å². The van der Waals surface area contributed by atoms with Crippen LogP contribution in [0.15, 0.2) is 54.7 Å². The Morgan fingerprint density at radius 2 is 1.93 bits per heavy atom. The summed E-state index contributed by atoms with van der Waals surface area (Å²) in [5.74, 6) is -0.114. The number of rotatable bonds is 11. The number of anilines is 3. The normalized spacial score (nSPS) is 16.9. The summed E-state index contributed by atoms with van der Waals surface area (Å²) in [6, 6.07) is 14.3. The third-order valence-electron chi connectivity index (χ3n) is 7.26. The van der Waals surface area contributed by atoms with Crippen molar-refractivity contribution in [3.8, 4) is 0 Å². The minimum Gasteiger partial charge on any atom is -0.451 e. The molecule has 1 amide bonds. The van der Waals surface area contributed by atoms with E-state index in [4.69, 9.17) is 9.47 Å². The van der Waals surface area contributed by atoms with Crippen molar-refractivity contribution in [1.82, 2.24) is 20.2 Å². The van der Waals surface area contributed by atoms with Crippen molar-refractivity contribution < 1.29 is 24.2 Å². The minimum absolute atomic E-state index is 0.203. The molecular weight excluding hydrogens is 524 g/mol. The van der Waals surface area contributed by atoms with Crippen LogP contribution in [0, 0.1) is 0 Å². The molecule has 1 aromatic heterocycles. The van der Waals surface area contributed by atoms with Gasteiger partial charge in [-0.05, 0) is 50.6 Å². The molecule has 0 saturated carbocycles. The second kappa shape index (κ2) is 12.6. The van der Waals surface area contributed by atoms with Gasteiger partial charge < -0.3 is 30.5 Å². The van der Waals surface area contributed by atoms with Crippen LogP contribution in [-0.2, 0) is 15.1 Å². The second-order valence-corrected chi connectivity index (χ2v) is 10.6. The fourth-order valence-electron chi connectivity index (χ4n) is 5.00. The molecule has 2 aromatic carbocycles. The lowest BCUT2D eigenvalue weighted by Crippen LogP contribution is -2.38. The van der Waals surface area contributed by atoms with Crippen molar-refractivity contribution in [2.24, 2.45) is 0 Å². The number of morpholine rings is 1. The molecule has 1 unspecified atom stereocenters. The van der Waals surface area contributed by atoms with E-state index in [0.29, 0.717) is 17.8 Å². The van der Waals surface area contributed by atoms with Crippen molar-refractivity contribution in [1.29, 1.82) is 0 Å². The lowest BCUT2D eigenvalue weighted by molar-refractivity contribution is 0.00953. The maximum Gasteiger partial charge on any atom is 0.339 e. The van der Waals surface area contributed by atoms with Gasteiger partial charge in [0, 0.05) is 37.1 Å². The summed E-state index contributed by atoms with van der Waals surface area (Å²) in [4.78, 5) is 36.8. The Morgan fingerprint density at radius 3 is 2.68 bits per heavy atom. The number of carbonyl (C=O) groups is 2. The number of amides is 1. The molecule has 11 nitrogen and oxygen atoms in total. The van der Waals surface area contributed by atoms with Crippen LogP contribution in [0.5, 0.6) is 0 Å². The quantitative estimate of drug-likeness (QED) is 0.204. The van der Waals surface area contributed by atoms with Crippen LogP contribution in [0.25, 0.3) is 0 Å². The molecule has 0 aliphatic carbocycles. The zero-order valence-electron chi connectivity index (χ0n) is 23.4. The van der Waals surface area contributed by atoms with Crippen LogP contribution in [0.4, 0.5) is 17.5 Å². The molecule has 0 radical (unpaired) electrons. The molecule has 11 heteroatoms. The van der Waals surface area contributed by atoms with Crippen molar-refractivity contribution in [2.45, 2.75) is 31.9 Å².